The maximum atomic E-state index is 4.56. The quantitative estimate of drug-likeness (QED) is 0.347. The van der Waals surface area contributed by atoms with Crippen LogP contribution >= 0.6 is 24.0 Å². The van der Waals surface area contributed by atoms with Crippen molar-refractivity contribution in [1.82, 2.24) is 20.4 Å². The minimum Gasteiger partial charge on any atom is -0.356 e. The van der Waals surface area contributed by atoms with Crippen molar-refractivity contribution in [2.75, 3.05) is 20.1 Å². The number of nitrogens with zero attached hydrogens (tertiary/aromatic N) is 3. The molecule has 1 atom stereocenters. The van der Waals surface area contributed by atoms with Crippen LogP contribution in [-0.4, -0.2) is 35.9 Å². The summed E-state index contributed by atoms with van der Waals surface area (Å²) in [5.74, 6) is 1.35. The van der Waals surface area contributed by atoms with Crippen LogP contribution in [0.3, 0.4) is 0 Å². The highest BCUT2D eigenvalue weighted by atomic mass is 127. The van der Waals surface area contributed by atoms with Crippen LogP contribution in [0, 0.1) is 19.8 Å². The Labute approximate surface area is 186 Å². The minimum atomic E-state index is 0. The molecule has 6 heteroatoms. The average molecular weight is 495 g/mol. The number of halogens is 1. The molecule has 5 nitrogen and oxygen atoms in total. The summed E-state index contributed by atoms with van der Waals surface area (Å²) in [5, 5.41) is 11.6. The Morgan fingerprint density at radius 3 is 2.46 bits per heavy atom. The molecule has 1 fully saturated rings. The van der Waals surface area contributed by atoms with Gasteiger partial charge >= 0.3 is 0 Å². The van der Waals surface area contributed by atoms with Gasteiger partial charge in [-0.25, -0.2) is 0 Å². The Hall–Kier alpha value is -1.57. The number of nitrogens with one attached hydrogen (secondary N) is 2. The Bertz CT molecular complexity index is 764. The van der Waals surface area contributed by atoms with Crippen molar-refractivity contribution < 1.29 is 0 Å². The summed E-state index contributed by atoms with van der Waals surface area (Å²) in [7, 11) is 1.84. The molecule has 1 heterocycles. The molecule has 1 aliphatic carbocycles. The van der Waals surface area contributed by atoms with Gasteiger partial charge in [0.2, 0.25) is 0 Å². The zero-order chi connectivity index (χ0) is 19.3. The first-order chi connectivity index (χ1) is 13.0. The number of guanidine groups is 1. The number of aromatic nitrogens is 2. The number of benzene rings is 1. The van der Waals surface area contributed by atoms with Gasteiger partial charge in [-0.1, -0.05) is 43.7 Å². The number of aliphatic imine (C=N–C) groups is 1. The van der Waals surface area contributed by atoms with E-state index >= 15 is 0 Å². The van der Waals surface area contributed by atoms with Crippen LogP contribution in [-0.2, 0) is 12.0 Å². The summed E-state index contributed by atoms with van der Waals surface area (Å²) in [6.07, 6.45) is 3.80. The van der Waals surface area contributed by atoms with Gasteiger partial charge in [0, 0.05) is 37.8 Å². The summed E-state index contributed by atoms with van der Waals surface area (Å²) in [4.78, 5) is 4.42. The Morgan fingerprint density at radius 1 is 1.21 bits per heavy atom. The molecule has 0 radical (unpaired) electrons. The summed E-state index contributed by atoms with van der Waals surface area (Å²) >= 11 is 0. The van der Waals surface area contributed by atoms with Crippen molar-refractivity contribution in [3.8, 4) is 0 Å². The summed E-state index contributed by atoms with van der Waals surface area (Å²) in [5.41, 5.74) is 4.00. The number of hydrogen-bond donors (Lipinski definition) is 2. The van der Waals surface area contributed by atoms with Gasteiger partial charge < -0.3 is 10.6 Å². The summed E-state index contributed by atoms with van der Waals surface area (Å²) in [6.45, 7) is 9.12. The van der Waals surface area contributed by atoms with Crippen LogP contribution in [0.25, 0.3) is 0 Å². The lowest BCUT2D eigenvalue weighted by Crippen LogP contribution is -2.49. The second-order valence-corrected chi connectivity index (χ2v) is 8.02. The molecule has 1 aliphatic rings. The molecule has 1 aromatic carbocycles. The SMILES string of the molecule is CN=C(NCC(C)Cn1nc(C)cc1C)NCC1(c2ccccc2)CCC1.I. The molecule has 2 aromatic rings. The number of rotatable bonds is 7. The standard InChI is InChI=1S/C22H33N5.HI/c1-17(15-27-19(3)13-18(2)26-27)14-24-21(23-4)25-16-22(11-8-12-22)20-9-6-5-7-10-20;/h5-7,9-10,13,17H,8,11-12,14-16H2,1-4H3,(H2,23,24,25);1H. The molecule has 2 N–H and O–H groups in total. The van der Waals surface area contributed by atoms with Gasteiger partial charge in [-0.3, -0.25) is 9.67 Å². The fourth-order valence-electron chi connectivity index (χ4n) is 3.93. The fraction of sp³-hybridized carbons (Fsp3) is 0.545. The molecule has 0 aliphatic heterocycles. The smallest absolute Gasteiger partial charge is 0.191 e. The Kier molecular flexibility index (Phi) is 8.34. The second kappa shape index (κ2) is 10.3. The Balaban J connectivity index is 0.00000280. The van der Waals surface area contributed by atoms with Gasteiger partial charge in [0.05, 0.1) is 5.69 Å². The van der Waals surface area contributed by atoms with E-state index in [-0.39, 0.29) is 29.4 Å². The molecule has 3 rings (SSSR count). The maximum absolute atomic E-state index is 4.56. The first kappa shape index (κ1) is 22.7. The van der Waals surface area contributed by atoms with E-state index in [1.54, 1.807) is 0 Å². The fourth-order valence-corrected chi connectivity index (χ4v) is 3.93. The third-order valence-electron chi connectivity index (χ3n) is 5.72. The third-order valence-corrected chi connectivity index (χ3v) is 5.72. The van der Waals surface area contributed by atoms with E-state index in [2.05, 4.69) is 75.7 Å². The molecular weight excluding hydrogens is 461 g/mol. The predicted octanol–water partition coefficient (Wildman–Crippen LogP) is 4.04. The Morgan fingerprint density at radius 2 is 1.93 bits per heavy atom. The number of hydrogen-bond acceptors (Lipinski definition) is 2. The molecule has 0 saturated heterocycles. The van der Waals surface area contributed by atoms with Gasteiger partial charge in [0.1, 0.15) is 0 Å². The normalized spacial score (nSPS) is 16.6. The molecule has 0 bridgehead atoms. The number of aryl methyl sites for hydroxylation is 2. The highest BCUT2D eigenvalue weighted by molar-refractivity contribution is 14.0. The van der Waals surface area contributed by atoms with Crippen molar-refractivity contribution in [2.24, 2.45) is 10.9 Å². The molecule has 0 amide bonds. The van der Waals surface area contributed by atoms with Gasteiger partial charge in [-0.05, 0) is 44.2 Å². The van der Waals surface area contributed by atoms with Gasteiger partial charge in [-0.15, -0.1) is 24.0 Å². The molecular formula is C22H34IN5. The predicted molar refractivity (Wildman–Crippen MR) is 128 cm³/mol. The lowest BCUT2D eigenvalue weighted by Gasteiger charge is -2.43. The van der Waals surface area contributed by atoms with Gasteiger partial charge in [0.15, 0.2) is 5.96 Å². The molecule has 1 unspecified atom stereocenters. The lowest BCUT2D eigenvalue weighted by molar-refractivity contribution is 0.243. The van der Waals surface area contributed by atoms with Crippen LogP contribution in [0.1, 0.15) is 43.1 Å². The monoisotopic (exact) mass is 495 g/mol. The molecule has 0 spiro atoms. The highest BCUT2D eigenvalue weighted by Gasteiger charge is 2.38. The zero-order valence-electron chi connectivity index (χ0n) is 17.5. The van der Waals surface area contributed by atoms with Gasteiger partial charge in [-0.2, -0.15) is 5.10 Å². The van der Waals surface area contributed by atoms with Crippen molar-refractivity contribution in [2.45, 2.75) is 52.0 Å². The molecule has 1 saturated carbocycles. The van der Waals surface area contributed by atoms with Crippen molar-refractivity contribution in [3.63, 3.8) is 0 Å². The molecule has 154 valence electrons. The van der Waals surface area contributed by atoms with E-state index in [1.165, 1.54) is 30.5 Å². The van der Waals surface area contributed by atoms with Gasteiger partial charge in [0.25, 0.3) is 0 Å². The van der Waals surface area contributed by atoms with Crippen LogP contribution < -0.4 is 10.6 Å². The minimum absolute atomic E-state index is 0. The van der Waals surface area contributed by atoms with E-state index < -0.39 is 0 Å². The average Bonchev–Trinajstić information content (AvgIpc) is 2.94. The van der Waals surface area contributed by atoms with E-state index in [1.807, 2.05) is 14.0 Å². The van der Waals surface area contributed by atoms with E-state index in [0.717, 1.165) is 31.3 Å². The summed E-state index contributed by atoms with van der Waals surface area (Å²) < 4.78 is 2.09. The third kappa shape index (κ3) is 5.49. The van der Waals surface area contributed by atoms with Crippen LogP contribution in [0.5, 0.6) is 0 Å². The zero-order valence-corrected chi connectivity index (χ0v) is 19.9. The van der Waals surface area contributed by atoms with Crippen LogP contribution in [0.2, 0.25) is 0 Å². The van der Waals surface area contributed by atoms with E-state index in [4.69, 9.17) is 0 Å². The van der Waals surface area contributed by atoms with Crippen LogP contribution in [0.15, 0.2) is 41.4 Å². The first-order valence-corrected chi connectivity index (χ1v) is 10.0. The lowest BCUT2D eigenvalue weighted by atomic mass is 9.64. The topological polar surface area (TPSA) is 54.2 Å². The second-order valence-electron chi connectivity index (χ2n) is 8.02. The van der Waals surface area contributed by atoms with Crippen molar-refractivity contribution in [3.05, 3.63) is 53.3 Å². The molecule has 1 aromatic heterocycles. The largest absolute Gasteiger partial charge is 0.356 e. The highest BCUT2D eigenvalue weighted by Crippen LogP contribution is 2.43. The maximum Gasteiger partial charge on any atom is 0.191 e. The van der Waals surface area contributed by atoms with Crippen molar-refractivity contribution in [1.29, 1.82) is 0 Å². The molecule has 28 heavy (non-hydrogen) atoms. The van der Waals surface area contributed by atoms with E-state index in [0.29, 0.717) is 5.92 Å². The summed E-state index contributed by atoms with van der Waals surface area (Å²) in [6, 6.07) is 13.0. The van der Waals surface area contributed by atoms with Crippen molar-refractivity contribution >= 4 is 29.9 Å². The van der Waals surface area contributed by atoms with E-state index in [9.17, 15) is 0 Å². The first-order valence-electron chi connectivity index (χ1n) is 10.0. The van der Waals surface area contributed by atoms with Crippen LogP contribution in [0.4, 0.5) is 0 Å².